The summed E-state index contributed by atoms with van der Waals surface area (Å²) in [5.74, 6) is -0.619. The van der Waals surface area contributed by atoms with E-state index >= 15 is 0 Å². The maximum Gasteiger partial charge on any atom is 0.319 e. The largest absolute Gasteiger partial charge is 0.463 e. The molecule has 72 valence electrons. The van der Waals surface area contributed by atoms with Gasteiger partial charge < -0.3 is 26.4 Å². The molecule has 0 saturated heterocycles. The van der Waals surface area contributed by atoms with Gasteiger partial charge in [-0.25, -0.2) is 0 Å². The average molecular weight is 178 g/mol. The highest BCUT2D eigenvalue weighted by Gasteiger charge is 2.24. The van der Waals surface area contributed by atoms with Crippen molar-refractivity contribution in [2.24, 2.45) is 11.5 Å². The normalized spacial score (nSPS) is 11.3. The summed E-state index contributed by atoms with van der Waals surface area (Å²) in [4.78, 5) is 10.5. The van der Waals surface area contributed by atoms with E-state index in [4.69, 9.17) is 21.7 Å². The molecule has 0 aromatic carbocycles. The van der Waals surface area contributed by atoms with Crippen LogP contribution in [0.5, 0.6) is 0 Å². The molecule has 6 nitrogen and oxygen atoms in total. The van der Waals surface area contributed by atoms with Gasteiger partial charge in [0.1, 0.15) is 6.61 Å². The van der Waals surface area contributed by atoms with Gasteiger partial charge in [0.15, 0.2) is 0 Å². The summed E-state index contributed by atoms with van der Waals surface area (Å²) in [5, 5.41) is 17.3. The zero-order chi connectivity index (χ0) is 9.61. The van der Waals surface area contributed by atoms with Gasteiger partial charge in [-0.15, -0.1) is 0 Å². The Labute approximate surface area is 70.1 Å². The van der Waals surface area contributed by atoms with E-state index in [0.29, 0.717) is 0 Å². The second kappa shape index (κ2) is 5.04. The van der Waals surface area contributed by atoms with Crippen LogP contribution >= 0.6 is 0 Å². The van der Waals surface area contributed by atoms with Crippen molar-refractivity contribution in [3.05, 3.63) is 0 Å². The monoisotopic (exact) mass is 178 g/mol. The predicted molar refractivity (Wildman–Crippen MR) is 41.1 cm³/mol. The summed E-state index contributed by atoms with van der Waals surface area (Å²) in [6, 6.07) is 0. The molecule has 0 bridgehead atoms. The first-order valence-electron chi connectivity index (χ1n) is 3.44. The number of carbonyl (C=O) groups is 1. The van der Waals surface area contributed by atoms with Crippen molar-refractivity contribution in [1.29, 1.82) is 0 Å². The number of nitrogens with two attached hydrogens (primary N) is 2. The van der Waals surface area contributed by atoms with E-state index in [0.717, 1.165) is 0 Å². The Hall–Kier alpha value is -0.690. The van der Waals surface area contributed by atoms with Gasteiger partial charge in [-0.1, -0.05) is 0 Å². The first-order chi connectivity index (χ1) is 5.58. The zero-order valence-corrected chi connectivity index (χ0v) is 6.69. The van der Waals surface area contributed by atoms with Gasteiger partial charge in [0.25, 0.3) is 0 Å². The molecule has 0 fully saturated rings. The van der Waals surface area contributed by atoms with Gasteiger partial charge in [-0.2, -0.15) is 0 Å². The summed E-state index contributed by atoms with van der Waals surface area (Å²) >= 11 is 0. The molecular weight excluding hydrogens is 164 g/mol. The molecule has 0 unspecified atom stereocenters. The third kappa shape index (κ3) is 3.63. The number of carbonyl (C=O) groups excluding carboxylic acids is 1. The van der Waals surface area contributed by atoms with Crippen LogP contribution in [0.1, 0.15) is 0 Å². The number of rotatable bonds is 5. The molecular formula is C6H14N2O4. The van der Waals surface area contributed by atoms with Gasteiger partial charge in [-0.05, 0) is 0 Å². The molecule has 0 aliphatic carbocycles. The fourth-order valence-corrected chi connectivity index (χ4v) is 0.424. The molecule has 0 amide bonds. The summed E-state index contributed by atoms with van der Waals surface area (Å²) in [6.07, 6.45) is 0. The smallest absolute Gasteiger partial charge is 0.319 e. The van der Waals surface area contributed by atoms with Crippen molar-refractivity contribution >= 4 is 5.97 Å². The maximum absolute atomic E-state index is 10.5. The fraction of sp³-hybridized carbons (Fsp3) is 0.833. The number of ether oxygens (including phenoxy) is 1. The van der Waals surface area contributed by atoms with Gasteiger partial charge in [0, 0.05) is 0 Å². The second-order valence-corrected chi connectivity index (χ2v) is 2.54. The molecule has 6 N–H and O–H groups in total. The molecule has 0 aromatic rings. The van der Waals surface area contributed by atoms with Crippen LogP contribution in [-0.2, 0) is 9.53 Å². The first-order valence-corrected chi connectivity index (χ1v) is 3.44. The number of aliphatic hydroxyl groups is 2. The highest BCUT2D eigenvalue weighted by molar-refractivity contribution is 5.71. The molecule has 0 rings (SSSR count). The van der Waals surface area contributed by atoms with E-state index in [1.54, 1.807) is 0 Å². The zero-order valence-electron chi connectivity index (χ0n) is 6.69. The van der Waals surface area contributed by atoms with Crippen LogP contribution in [0.3, 0.4) is 0 Å². The van der Waals surface area contributed by atoms with E-state index in [9.17, 15) is 4.79 Å². The number of aliphatic hydroxyl groups excluding tert-OH is 2. The Morgan fingerprint density at radius 1 is 1.42 bits per heavy atom. The van der Waals surface area contributed by atoms with Crippen molar-refractivity contribution in [1.82, 2.24) is 0 Å². The van der Waals surface area contributed by atoms with Crippen molar-refractivity contribution < 1.29 is 19.7 Å². The lowest BCUT2D eigenvalue weighted by atomic mass is 10.1. The molecule has 6 heteroatoms. The van der Waals surface area contributed by atoms with Gasteiger partial charge in [0.2, 0.25) is 0 Å². The van der Waals surface area contributed by atoms with E-state index < -0.39 is 24.7 Å². The van der Waals surface area contributed by atoms with Crippen LogP contribution in [0.4, 0.5) is 0 Å². The van der Waals surface area contributed by atoms with Crippen LogP contribution in [-0.4, -0.2) is 48.1 Å². The molecule has 0 aliphatic heterocycles. The standard InChI is InChI=1S/C6H14N2O4/c7-1-5(11)12-4-6(8,2-9)3-10/h9-10H,1-4,7-8H2. The van der Waals surface area contributed by atoms with Crippen LogP contribution in [0.25, 0.3) is 0 Å². The molecule has 0 aromatic heterocycles. The molecule has 0 saturated carbocycles. The first kappa shape index (κ1) is 11.3. The van der Waals surface area contributed by atoms with Crippen LogP contribution in [0.15, 0.2) is 0 Å². The minimum absolute atomic E-state index is 0.240. The summed E-state index contributed by atoms with van der Waals surface area (Å²) < 4.78 is 4.53. The summed E-state index contributed by atoms with van der Waals surface area (Å²) in [7, 11) is 0. The third-order valence-electron chi connectivity index (χ3n) is 1.32. The van der Waals surface area contributed by atoms with Crippen LogP contribution in [0, 0.1) is 0 Å². The molecule has 0 heterocycles. The van der Waals surface area contributed by atoms with Gasteiger partial charge in [-0.3, -0.25) is 4.79 Å². The van der Waals surface area contributed by atoms with Crippen molar-refractivity contribution in [3.8, 4) is 0 Å². The van der Waals surface area contributed by atoms with Crippen LogP contribution < -0.4 is 11.5 Å². The second-order valence-electron chi connectivity index (χ2n) is 2.54. The number of hydrogen-bond donors (Lipinski definition) is 4. The van der Waals surface area contributed by atoms with E-state index in [1.807, 2.05) is 0 Å². The molecule has 0 atom stereocenters. The predicted octanol–water partition coefficient (Wildman–Crippen LogP) is -2.83. The Balaban J connectivity index is 3.80. The highest BCUT2D eigenvalue weighted by atomic mass is 16.5. The Kier molecular flexibility index (Phi) is 4.75. The Morgan fingerprint density at radius 3 is 2.25 bits per heavy atom. The van der Waals surface area contributed by atoms with E-state index in [-0.39, 0.29) is 13.2 Å². The lowest BCUT2D eigenvalue weighted by Gasteiger charge is -2.23. The maximum atomic E-state index is 10.5. The highest BCUT2D eigenvalue weighted by Crippen LogP contribution is 1.98. The van der Waals surface area contributed by atoms with Crippen molar-refractivity contribution in [2.45, 2.75) is 5.54 Å². The fourth-order valence-electron chi connectivity index (χ4n) is 0.424. The number of esters is 1. The minimum atomic E-state index is -1.27. The third-order valence-corrected chi connectivity index (χ3v) is 1.32. The quantitative estimate of drug-likeness (QED) is 0.337. The molecule has 0 spiro atoms. The minimum Gasteiger partial charge on any atom is -0.463 e. The van der Waals surface area contributed by atoms with Crippen molar-refractivity contribution in [3.63, 3.8) is 0 Å². The van der Waals surface area contributed by atoms with E-state index in [1.165, 1.54) is 0 Å². The number of hydrogen-bond acceptors (Lipinski definition) is 6. The topological polar surface area (TPSA) is 119 Å². The Morgan fingerprint density at radius 2 is 1.92 bits per heavy atom. The van der Waals surface area contributed by atoms with Gasteiger partial charge in [0.05, 0.1) is 25.3 Å². The lowest BCUT2D eigenvalue weighted by molar-refractivity contribution is -0.144. The molecule has 0 aliphatic rings. The SMILES string of the molecule is NCC(=O)OCC(N)(CO)CO. The average Bonchev–Trinajstić information content (AvgIpc) is 2.13. The summed E-state index contributed by atoms with van der Waals surface area (Å²) in [6.45, 7) is -1.40. The van der Waals surface area contributed by atoms with E-state index in [2.05, 4.69) is 4.74 Å². The summed E-state index contributed by atoms with van der Waals surface area (Å²) in [5.41, 5.74) is 9.05. The lowest BCUT2D eigenvalue weighted by Crippen LogP contribution is -2.52. The molecule has 12 heavy (non-hydrogen) atoms. The van der Waals surface area contributed by atoms with Crippen LogP contribution in [0.2, 0.25) is 0 Å². The Bertz CT molecular complexity index is 146. The molecule has 0 radical (unpaired) electrons. The van der Waals surface area contributed by atoms with Gasteiger partial charge >= 0.3 is 5.97 Å². The van der Waals surface area contributed by atoms with Crippen molar-refractivity contribution in [2.75, 3.05) is 26.4 Å².